The molecule has 69 valence electrons. The first-order valence-electron chi connectivity index (χ1n) is 4.69. The standard InChI is InChI=1S/C9H9BN3O/c14-10-7-3-11-9-12-8(6-1-2-6)5-13(9)4-7/h3-6,14H,1-2H2. The Morgan fingerprint density at radius 3 is 3.00 bits per heavy atom. The van der Waals surface area contributed by atoms with Crippen LogP contribution < -0.4 is 5.46 Å². The van der Waals surface area contributed by atoms with Crippen molar-refractivity contribution in [1.82, 2.24) is 14.4 Å². The summed E-state index contributed by atoms with van der Waals surface area (Å²) in [6.07, 6.45) is 7.90. The predicted molar refractivity (Wildman–Crippen MR) is 52.6 cm³/mol. The van der Waals surface area contributed by atoms with Crippen LogP contribution in [0.4, 0.5) is 0 Å². The monoisotopic (exact) mass is 186 g/mol. The third kappa shape index (κ3) is 1.21. The highest BCUT2D eigenvalue weighted by Gasteiger charge is 2.26. The Balaban J connectivity index is 2.12. The SMILES string of the molecule is O[B]c1cnc2nc(C3CC3)cn2c1. The largest absolute Gasteiger partial charge is 0.450 e. The molecule has 0 saturated heterocycles. The van der Waals surface area contributed by atoms with Crippen LogP contribution >= 0.6 is 0 Å². The quantitative estimate of drug-likeness (QED) is 0.663. The van der Waals surface area contributed by atoms with E-state index in [1.54, 1.807) is 6.20 Å². The average molecular weight is 186 g/mol. The number of imidazole rings is 1. The van der Waals surface area contributed by atoms with Crippen molar-refractivity contribution >= 4 is 18.7 Å². The highest BCUT2D eigenvalue weighted by atomic mass is 16.2. The van der Waals surface area contributed by atoms with Gasteiger partial charge in [-0.25, -0.2) is 9.97 Å². The second-order valence-electron chi connectivity index (χ2n) is 3.66. The first kappa shape index (κ1) is 7.99. The zero-order valence-electron chi connectivity index (χ0n) is 7.59. The minimum Gasteiger partial charge on any atom is -0.450 e. The van der Waals surface area contributed by atoms with Crippen molar-refractivity contribution in [2.75, 3.05) is 0 Å². The van der Waals surface area contributed by atoms with Gasteiger partial charge in [-0.05, 0) is 18.3 Å². The molecule has 0 bridgehead atoms. The van der Waals surface area contributed by atoms with Gasteiger partial charge in [0.1, 0.15) is 0 Å². The summed E-state index contributed by atoms with van der Waals surface area (Å²) in [5.74, 6) is 1.34. The van der Waals surface area contributed by atoms with E-state index in [1.165, 1.54) is 12.8 Å². The number of hydrogen-bond donors (Lipinski definition) is 1. The summed E-state index contributed by atoms with van der Waals surface area (Å²) in [4.78, 5) is 8.55. The molecular formula is C9H9BN3O. The Hall–Kier alpha value is -1.36. The van der Waals surface area contributed by atoms with Crippen LogP contribution in [0.5, 0.6) is 0 Å². The van der Waals surface area contributed by atoms with Crippen LogP contribution in [0.1, 0.15) is 24.5 Å². The lowest BCUT2D eigenvalue weighted by molar-refractivity contribution is 0.615. The maximum absolute atomic E-state index is 8.83. The molecule has 1 aliphatic rings. The van der Waals surface area contributed by atoms with Crippen molar-refractivity contribution in [3.63, 3.8) is 0 Å². The van der Waals surface area contributed by atoms with E-state index < -0.39 is 0 Å². The van der Waals surface area contributed by atoms with Crippen LogP contribution in [0.2, 0.25) is 0 Å². The van der Waals surface area contributed by atoms with Crippen molar-refractivity contribution in [1.29, 1.82) is 0 Å². The van der Waals surface area contributed by atoms with Gasteiger partial charge in [-0.3, -0.25) is 4.40 Å². The predicted octanol–water partition coefficient (Wildman–Crippen LogP) is -0.157. The van der Waals surface area contributed by atoms with Gasteiger partial charge in [-0.15, -0.1) is 0 Å². The molecule has 0 atom stereocenters. The van der Waals surface area contributed by atoms with Crippen molar-refractivity contribution < 1.29 is 5.02 Å². The first-order chi connectivity index (χ1) is 6.86. The summed E-state index contributed by atoms with van der Waals surface area (Å²) in [5.41, 5.74) is 1.81. The van der Waals surface area contributed by atoms with Gasteiger partial charge in [0.15, 0.2) is 0 Å². The van der Waals surface area contributed by atoms with E-state index in [4.69, 9.17) is 5.02 Å². The molecule has 2 heterocycles. The van der Waals surface area contributed by atoms with Gasteiger partial charge in [-0.1, -0.05) is 0 Å². The molecule has 1 saturated carbocycles. The third-order valence-corrected chi connectivity index (χ3v) is 2.49. The van der Waals surface area contributed by atoms with Crippen LogP contribution in [-0.2, 0) is 0 Å². The second-order valence-corrected chi connectivity index (χ2v) is 3.66. The molecule has 0 aromatic carbocycles. The molecule has 0 unspecified atom stereocenters. The van der Waals surface area contributed by atoms with E-state index in [1.807, 2.05) is 16.8 Å². The molecule has 14 heavy (non-hydrogen) atoms. The Morgan fingerprint density at radius 1 is 1.43 bits per heavy atom. The fourth-order valence-electron chi connectivity index (χ4n) is 1.56. The van der Waals surface area contributed by atoms with Crippen molar-refractivity contribution in [3.8, 4) is 0 Å². The minimum atomic E-state index is 0.637. The molecule has 2 aromatic heterocycles. The Morgan fingerprint density at radius 2 is 2.29 bits per heavy atom. The molecule has 4 nitrogen and oxygen atoms in total. The molecule has 5 heteroatoms. The molecule has 0 amide bonds. The van der Waals surface area contributed by atoms with E-state index in [0.29, 0.717) is 17.2 Å². The molecule has 1 aliphatic carbocycles. The highest BCUT2D eigenvalue weighted by molar-refractivity contribution is 6.45. The normalized spacial score (nSPS) is 16.1. The van der Waals surface area contributed by atoms with E-state index >= 15 is 0 Å². The Labute approximate surface area is 81.9 Å². The van der Waals surface area contributed by atoms with Gasteiger partial charge in [-0.2, -0.15) is 0 Å². The maximum atomic E-state index is 8.83. The molecule has 3 rings (SSSR count). The summed E-state index contributed by atoms with van der Waals surface area (Å²) in [6.45, 7) is 0. The topological polar surface area (TPSA) is 50.4 Å². The smallest absolute Gasteiger partial charge is 0.329 e. The molecule has 1 fully saturated rings. The minimum absolute atomic E-state index is 0.637. The fraction of sp³-hybridized carbons (Fsp3) is 0.333. The fourth-order valence-corrected chi connectivity index (χ4v) is 1.56. The molecule has 2 aromatic rings. The van der Waals surface area contributed by atoms with E-state index in [2.05, 4.69) is 9.97 Å². The summed E-state index contributed by atoms with van der Waals surface area (Å²) in [5, 5.41) is 8.83. The highest BCUT2D eigenvalue weighted by Crippen LogP contribution is 2.39. The van der Waals surface area contributed by atoms with E-state index in [0.717, 1.165) is 13.2 Å². The lowest BCUT2D eigenvalue weighted by Gasteiger charge is -1.94. The second kappa shape index (κ2) is 2.82. The number of fused-ring (bicyclic) bond motifs is 1. The molecule has 0 spiro atoms. The lowest BCUT2D eigenvalue weighted by atomic mass is 9.92. The van der Waals surface area contributed by atoms with Gasteiger partial charge in [0, 0.05) is 24.5 Å². The van der Waals surface area contributed by atoms with Crippen LogP contribution in [-0.4, -0.2) is 26.9 Å². The van der Waals surface area contributed by atoms with Crippen molar-refractivity contribution in [2.24, 2.45) is 0 Å². The van der Waals surface area contributed by atoms with E-state index in [9.17, 15) is 0 Å². The lowest BCUT2D eigenvalue weighted by Crippen LogP contribution is -2.15. The average Bonchev–Trinajstić information content (AvgIpc) is 2.97. The van der Waals surface area contributed by atoms with Gasteiger partial charge in [0.25, 0.3) is 0 Å². The third-order valence-electron chi connectivity index (χ3n) is 2.49. The van der Waals surface area contributed by atoms with E-state index in [-0.39, 0.29) is 0 Å². The number of rotatable bonds is 2. The zero-order chi connectivity index (χ0) is 9.54. The summed E-state index contributed by atoms with van der Waals surface area (Å²) in [7, 11) is 1.04. The van der Waals surface area contributed by atoms with Crippen LogP contribution in [0.25, 0.3) is 5.78 Å². The number of aromatic nitrogens is 3. The van der Waals surface area contributed by atoms with Gasteiger partial charge < -0.3 is 5.02 Å². The summed E-state index contributed by atoms with van der Waals surface area (Å²) in [6, 6.07) is 0. The van der Waals surface area contributed by atoms with Crippen molar-refractivity contribution in [2.45, 2.75) is 18.8 Å². The molecule has 1 radical (unpaired) electrons. The van der Waals surface area contributed by atoms with Crippen LogP contribution in [0, 0.1) is 0 Å². The van der Waals surface area contributed by atoms with Crippen LogP contribution in [0.15, 0.2) is 18.6 Å². The maximum Gasteiger partial charge on any atom is 0.329 e. The number of hydrogen-bond acceptors (Lipinski definition) is 3. The van der Waals surface area contributed by atoms with Crippen molar-refractivity contribution in [3.05, 3.63) is 24.3 Å². The Bertz CT molecular complexity index is 478. The Kier molecular flexibility index (Phi) is 1.61. The van der Waals surface area contributed by atoms with Gasteiger partial charge >= 0.3 is 7.48 Å². The summed E-state index contributed by atoms with van der Waals surface area (Å²) < 4.78 is 1.86. The van der Waals surface area contributed by atoms with Gasteiger partial charge in [0.05, 0.1) is 5.69 Å². The number of nitrogens with zero attached hydrogens (tertiary/aromatic N) is 3. The zero-order valence-corrected chi connectivity index (χ0v) is 7.59. The molecule has 0 aliphatic heterocycles. The summed E-state index contributed by atoms with van der Waals surface area (Å²) >= 11 is 0. The molecule has 1 N–H and O–H groups in total. The van der Waals surface area contributed by atoms with Gasteiger partial charge in [0.2, 0.25) is 5.78 Å². The first-order valence-corrected chi connectivity index (χ1v) is 4.69. The molecular weight excluding hydrogens is 177 g/mol. The van der Waals surface area contributed by atoms with Crippen LogP contribution in [0.3, 0.4) is 0 Å².